The number of carbonyl (C=O) groups excluding carboxylic acids is 1. The molecular formula is C22H19F5N4O3. The molecule has 7 nitrogen and oxygen atoms in total. The van der Waals surface area contributed by atoms with E-state index >= 15 is 0 Å². The highest BCUT2D eigenvalue weighted by Gasteiger charge is 2.38. The van der Waals surface area contributed by atoms with Crippen molar-refractivity contribution in [2.24, 2.45) is 0 Å². The number of hydrogen-bond acceptors (Lipinski definition) is 5. The lowest BCUT2D eigenvalue weighted by Gasteiger charge is -2.20. The van der Waals surface area contributed by atoms with Crippen LogP contribution in [0, 0.1) is 6.92 Å². The molecule has 2 aromatic heterocycles. The first-order valence-electron chi connectivity index (χ1n) is 10.0. The summed E-state index contributed by atoms with van der Waals surface area (Å²) in [7, 11) is 1.28. The van der Waals surface area contributed by atoms with Crippen LogP contribution in [0.5, 0.6) is 11.6 Å². The van der Waals surface area contributed by atoms with E-state index in [1.807, 2.05) is 0 Å². The Bertz CT molecular complexity index is 1240. The molecule has 34 heavy (non-hydrogen) atoms. The molecule has 1 amide bonds. The molecule has 1 aliphatic rings. The number of nitrogens with zero attached hydrogens (tertiary/aromatic N) is 4. The fourth-order valence-electron chi connectivity index (χ4n) is 4.05. The summed E-state index contributed by atoms with van der Waals surface area (Å²) >= 11 is 0. The largest absolute Gasteiger partial charge is 0.478 e. The number of aryl methyl sites for hydroxylation is 1. The van der Waals surface area contributed by atoms with Crippen molar-refractivity contribution in [3.63, 3.8) is 0 Å². The number of anilines is 1. The smallest absolute Gasteiger partial charge is 0.408 e. The van der Waals surface area contributed by atoms with Crippen LogP contribution in [0.2, 0.25) is 0 Å². The lowest BCUT2D eigenvalue weighted by atomic mass is 9.95. The number of pyridine rings is 1. The molecule has 3 heterocycles. The maximum absolute atomic E-state index is 13.2. The number of halogens is 5. The molecule has 180 valence electrons. The van der Waals surface area contributed by atoms with Gasteiger partial charge in [-0.3, -0.25) is 14.4 Å². The maximum atomic E-state index is 13.2. The second-order valence-corrected chi connectivity index (χ2v) is 7.73. The van der Waals surface area contributed by atoms with Gasteiger partial charge in [0.05, 0.1) is 25.0 Å². The molecule has 1 aromatic carbocycles. The van der Waals surface area contributed by atoms with Gasteiger partial charge in [-0.1, -0.05) is 6.07 Å². The summed E-state index contributed by atoms with van der Waals surface area (Å²) in [4.78, 5) is 18.6. The predicted molar refractivity (Wildman–Crippen MR) is 111 cm³/mol. The van der Waals surface area contributed by atoms with E-state index in [0.29, 0.717) is 27.8 Å². The van der Waals surface area contributed by atoms with E-state index in [1.165, 1.54) is 36.7 Å². The number of carbonyl (C=O) groups is 1. The summed E-state index contributed by atoms with van der Waals surface area (Å²) in [5.74, 6) is -0.712. The molecule has 1 atom stereocenters. The Morgan fingerprint density at radius 1 is 1.15 bits per heavy atom. The molecule has 4 rings (SSSR count). The zero-order valence-electron chi connectivity index (χ0n) is 18.2. The third-order valence-electron chi connectivity index (χ3n) is 5.44. The monoisotopic (exact) mass is 482 g/mol. The predicted octanol–water partition coefficient (Wildman–Crippen LogP) is 5.15. The van der Waals surface area contributed by atoms with E-state index in [4.69, 9.17) is 4.74 Å². The molecule has 0 aliphatic carbocycles. The van der Waals surface area contributed by atoms with Crippen molar-refractivity contribution in [1.29, 1.82) is 0 Å². The summed E-state index contributed by atoms with van der Waals surface area (Å²) in [5.41, 5.74) is 2.96. The van der Waals surface area contributed by atoms with Crippen LogP contribution >= 0.6 is 0 Å². The van der Waals surface area contributed by atoms with Gasteiger partial charge in [0.1, 0.15) is 6.54 Å². The quantitative estimate of drug-likeness (QED) is 0.455. The molecule has 1 aliphatic heterocycles. The Labute approximate surface area is 190 Å². The van der Waals surface area contributed by atoms with Gasteiger partial charge in [0, 0.05) is 23.5 Å². The van der Waals surface area contributed by atoms with E-state index in [1.54, 1.807) is 26.0 Å². The standard InChI is InChI=1S/C22H19F5N4O3/c1-11-4-13(14-6-17(34-21(23)24)19(33-3)28-7-14)5-16-12(2)31(20(32)18(11)16)15-8-29-30(9-15)10-22(25,26)27/h4-9,12,21H,10H2,1-3H3. The second kappa shape index (κ2) is 8.58. The number of methoxy groups -OCH3 is 1. The summed E-state index contributed by atoms with van der Waals surface area (Å²) in [6.07, 6.45) is -0.634. The van der Waals surface area contributed by atoms with Crippen LogP contribution in [0.25, 0.3) is 11.1 Å². The van der Waals surface area contributed by atoms with E-state index in [0.717, 1.165) is 4.68 Å². The number of ether oxygens (including phenoxy) is 2. The molecule has 0 bridgehead atoms. The van der Waals surface area contributed by atoms with Crippen molar-refractivity contribution < 1.29 is 36.2 Å². The van der Waals surface area contributed by atoms with Crippen LogP contribution < -0.4 is 14.4 Å². The minimum atomic E-state index is -4.45. The Balaban J connectivity index is 1.70. The number of hydrogen-bond donors (Lipinski definition) is 0. The Kier molecular flexibility index (Phi) is 5.92. The highest BCUT2D eigenvalue weighted by Crippen LogP contribution is 2.41. The van der Waals surface area contributed by atoms with Crippen molar-refractivity contribution in [2.75, 3.05) is 12.0 Å². The van der Waals surface area contributed by atoms with E-state index < -0.39 is 25.4 Å². The molecular weight excluding hydrogens is 463 g/mol. The first kappa shape index (κ1) is 23.5. The van der Waals surface area contributed by atoms with Gasteiger partial charge in [0.2, 0.25) is 0 Å². The van der Waals surface area contributed by atoms with E-state index in [-0.39, 0.29) is 23.2 Å². The average molecular weight is 482 g/mol. The zero-order chi connectivity index (χ0) is 24.8. The third kappa shape index (κ3) is 4.39. The van der Waals surface area contributed by atoms with Gasteiger partial charge in [-0.15, -0.1) is 0 Å². The SMILES string of the molecule is COc1ncc(-c2cc(C)c3c(c2)C(C)N(c2cnn(CC(F)(F)F)c2)C3=O)cc1OC(F)F. The van der Waals surface area contributed by atoms with Gasteiger partial charge < -0.3 is 9.47 Å². The van der Waals surface area contributed by atoms with Gasteiger partial charge in [-0.25, -0.2) is 4.98 Å². The molecule has 0 saturated heterocycles. The van der Waals surface area contributed by atoms with Crippen LogP contribution in [0.3, 0.4) is 0 Å². The van der Waals surface area contributed by atoms with Gasteiger partial charge in [-0.05, 0) is 42.7 Å². The van der Waals surface area contributed by atoms with Crippen molar-refractivity contribution in [2.45, 2.75) is 39.2 Å². The van der Waals surface area contributed by atoms with Crippen LogP contribution in [-0.2, 0) is 6.54 Å². The highest BCUT2D eigenvalue weighted by molar-refractivity contribution is 6.12. The lowest BCUT2D eigenvalue weighted by Crippen LogP contribution is -2.26. The fraction of sp³-hybridized carbons (Fsp3) is 0.318. The number of fused-ring (bicyclic) bond motifs is 1. The molecule has 0 N–H and O–H groups in total. The molecule has 1 unspecified atom stereocenters. The molecule has 12 heteroatoms. The molecule has 0 fully saturated rings. The van der Waals surface area contributed by atoms with Crippen molar-refractivity contribution >= 4 is 11.6 Å². The van der Waals surface area contributed by atoms with Crippen molar-refractivity contribution in [3.05, 3.63) is 53.5 Å². The number of amides is 1. The van der Waals surface area contributed by atoms with Gasteiger partial charge >= 0.3 is 12.8 Å². The summed E-state index contributed by atoms with van der Waals surface area (Å²) in [6, 6.07) is 4.28. The zero-order valence-corrected chi connectivity index (χ0v) is 18.2. The van der Waals surface area contributed by atoms with E-state index in [9.17, 15) is 26.7 Å². The molecule has 3 aromatic rings. The topological polar surface area (TPSA) is 69.5 Å². The Morgan fingerprint density at radius 3 is 2.53 bits per heavy atom. The number of alkyl halides is 5. The maximum Gasteiger partial charge on any atom is 0.408 e. The van der Waals surface area contributed by atoms with Crippen molar-refractivity contribution in [3.8, 4) is 22.8 Å². The normalized spacial score (nSPS) is 15.7. The van der Waals surface area contributed by atoms with Gasteiger partial charge in [0.15, 0.2) is 5.75 Å². The van der Waals surface area contributed by atoms with E-state index in [2.05, 4.69) is 14.8 Å². The average Bonchev–Trinajstić information content (AvgIpc) is 3.28. The minimum absolute atomic E-state index is 0.104. The van der Waals surface area contributed by atoms with Crippen LogP contribution in [-0.4, -0.2) is 40.6 Å². The van der Waals surface area contributed by atoms with Gasteiger partial charge in [0.25, 0.3) is 11.8 Å². The molecule has 0 saturated carbocycles. The van der Waals surface area contributed by atoms with Crippen LogP contribution in [0.1, 0.15) is 34.5 Å². The fourth-order valence-corrected chi connectivity index (χ4v) is 4.05. The number of benzene rings is 1. The summed E-state index contributed by atoms with van der Waals surface area (Å²) in [6.45, 7) is -0.882. The number of aromatic nitrogens is 3. The first-order chi connectivity index (χ1) is 16.0. The second-order valence-electron chi connectivity index (χ2n) is 7.73. The highest BCUT2D eigenvalue weighted by atomic mass is 19.4. The Morgan fingerprint density at radius 2 is 1.88 bits per heavy atom. The summed E-state index contributed by atoms with van der Waals surface area (Å²) < 4.78 is 73.9. The lowest BCUT2D eigenvalue weighted by molar-refractivity contribution is -0.142. The van der Waals surface area contributed by atoms with Crippen LogP contribution in [0.4, 0.5) is 27.6 Å². The van der Waals surface area contributed by atoms with Gasteiger partial charge in [-0.2, -0.15) is 27.1 Å². The van der Waals surface area contributed by atoms with Crippen molar-refractivity contribution in [1.82, 2.24) is 14.8 Å². The first-order valence-corrected chi connectivity index (χ1v) is 10.0. The van der Waals surface area contributed by atoms with Crippen LogP contribution in [0.15, 0.2) is 36.8 Å². The molecule has 0 spiro atoms. The third-order valence-corrected chi connectivity index (χ3v) is 5.44. The minimum Gasteiger partial charge on any atom is -0.478 e. The number of rotatable bonds is 6. The Hall–Kier alpha value is -3.70. The molecule has 0 radical (unpaired) electrons. The summed E-state index contributed by atoms with van der Waals surface area (Å²) in [5, 5.41) is 3.72.